The van der Waals surface area contributed by atoms with Crippen molar-refractivity contribution in [1.82, 2.24) is 0 Å². The van der Waals surface area contributed by atoms with Crippen LogP contribution in [-0.4, -0.2) is 6.10 Å². The number of hydrogen-bond acceptors (Lipinski definition) is 1. The van der Waals surface area contributed by atoms with Crippen LogP contribution in [0.3, 0.4) is 0 Å². The number of benzene rings is 1. The highest BCUT2D eigenvalue weighted by Gasteiger charge is 2.59. The Labute approximate surface area is 165 Å². The molecule has 0 aromatic heterocycles. The third-order valence-electron chi connectivity index (χ3n) is 9.42. The van der Waals surface area contributed by atoms with Crippen molar-refractivity contribution >= 4 is 0 Å². The van der Waals surface area contributed by atoms with Gasteiger partial charge in [0.1, 0.15) is 0 Å². The van der Waals surface area contributed by atoms with Gasteiger partial charge in [0.15, 0.2) is 0 Å². The van der Waals surface area contributed by atoms with Gasteiger partial charge in [-0.2, -0.15) is 0 Å². The summed E-state index contributed by atoms with van der Waals surface area (Å²) in [5.74, 6) is 3.73. The van der Waals surface area contributed by atoms with E-state index >= 15 is 0 Å². The lowest BCUT2D eigenvalue weighted by atomic mass is 9.46. The van der Waals surface area contributed by atoms with Crippen molar-refractivity contribution in [3.05, 3.63) is 48.0 Å². The maximum atomic E-state index is 6.56. The van der Waals surface area contributed by atoms with E-state index in [0.29, 0.717) is 16.9 Å². The molecule has 1 nitrogen and oxygen atoms in total. The molecule has 0 amide bonds. The van der Waals surface area contributed by atoms with Crippen LogP contribution in [0.2, 0.25) is 0 Å². The Bertz CT molecular complexity index is 693. The van der Waals surface area contributed by atoms with E-state index in [4.69, 9.17) is 4.74 Å². The fourth-order valence-corrected chi connectivity index (χ4v) is 7.83. The third kappa shape index (κ3) is 2.84. The predicted octanol–water partition coefficient (Wildman–Crippen LogP) is 6.78. The molecule has 3 saturated carbocycles. The quantitative estimate of drug-likeness (QED) is 0.537. The monoisotopic (exact) mass is 364 g/mol. The average Bonchev–Trinajstić information content (AvgIpc) is 3.03. The summed E-state index contributed by atoms with van der Waals surface area (Å²) in [6.07, 6.45) is 16.5. The zero-order valence-electron chi connectivity index (χ0n) is 17.2. The molecular weight excluding hydrogens is 328 g/mol. The Morgan fingerprint density at radius 1 is 0.889 bits per heavy atom. The first-order valence-corrected chi connectivity index (χ1v) is 11.4. The molecule has 5 rings (SSSR count). The highest BCUT2D eigenvalue weighted by Crippen LogP contribution is 2.66. The van der Waals surface area contributed by atoms with Gasteiger partial charge in [0.2, 0.25) is 0 Å². The van der Waals surface area contributed by atoms with Crippen molar-refractivity contribution in [3.63, 3.8) is 0 Å². The summed E-state index contributed by atoms with van der Waals surface area (Å²) in [6.45, 7) is 6.00. The maximum Gasteiger partial charge on any atom is 0.0720 e. The van der Waals surface area contributed by atoms with E-state index < -0.39 is 0 Å². The SMILES string of the molecule is C[C@]12CC=CC[C@H]1CC[C@@H]1[C@H]2CC[C@]2(C)[C@@H](OCc3ccccc3)CC[C@@H]12. The van der Waals surface area contributed by atoms with Crippen LogP contribution in [0.15, 0.2) is 42.5 Å². The first kappa shape index (κ1) is 18.0. The molecule has 27 heavy (non-hydrogen) atoms. The topological polar surface area (TPSA) is 9.23 Å². The Balaban J connectivity index is 1.33. The van der Waals surface area contributed by atoms with Gasteiger partial charge in [-0.15, -0.1) is 0 Å². The summed E-state index contributed by atoms with van der Waals surface area (Å²) in [4.78, 5) is 0. The zero-order chi connectivity index (χ0) is 18.5. The zero-order valence-corrected chi connectivity index (χ0v) is 17.2. The Morgan fingerprint density at radius 2 is 1.70 bits per heavy atom. The Kier molecular flexibility index (Phi) is 4.50. The lowest BCUT2D eigenvalue weighted by molar-refractivity contribution is -0.124. The van der Waals surface area contributed by atoms with Crippen molar-refractivity contribution in [2.24, 2.45) is 34.5 Å². The molecule has 1 heteroatoms. The second-order valence-corrected chi connectivity index (χ2v) is 10.5. The lowest BCUT2D eigenvalue weighted by Crippen LogP contribution is -2.53. The van der Waals surface area contributed by atoms with Crippen LogP contribution in [0.5, 0.6) is 0 Å². The van der Waals surface area contributed by atoms with Crippen LogP contribution in [-0.2, 0) is 11.3 Å². The van der Waals surface area contributed by atoms with Crippen LogP contribution in [0, 0.1) is 34.5 Å². The molecule has 0 unspecified atom stereocenters. The number of allylic oxidation sites excluding steroid dienone is 2. The minimum absolute atomic E-state index is 0.406. The number of rotatable bonds is 3. The molecular formula is C26H36O. The maximum absolute atomic E-state index is 6.56. The van der Waals surface area contributed by atoms with Gasteiger partial charge in [-0.25, -0.2) is 0 Å². The molecule has 4 aliphatic rings. The van der Waals surface area contributed by atoms with E-state index in [1.54, 1.807) is 0 Å². The van der Waals surface area contributed by atoms with Crippen LogP contribution in [0.1, 0.15) is 70.8 Å². The molecule has 0 spiro atoms. The normalized spacial score (nSPS) is 45.8. The van der Waals surface area contributed by atoms with E-state index in [0.717, 1.165) is 30.3 Å². The highest BCUT2D eigenvalue weighted by atomic mass is 16.5. The molecule has 0 bridgehead atoms. The lowest BCUT2D eigenvalue weighted by Gasteiger charge is -2.59. The molecule has 0 N–H and O–H groups in total. The fraction of sp³-hybridized carbons (Fsp3) is 0.692. The van der Waals surface area contributed by atoms with E-state index in [9.17, 15) is 0 Å². The van der Waals surface area contributed by atoms with Gasteiger partial charge in [-0.05, 0) is 91.4 Å². The van der Waals surface area contributed by atoms with Crippen molar-refractivity contribution in [1.29, 1.82) is 0 Å². The van der Waals surface area contributed by atoms with Crippen LogP contribution < -0.4 is 0 Å². The molecule has 7 atom stereocenters. The highest BCUT2D eigenvalue weighted by molar-refractivity contribution is 5.15. The first-order chi connectivity index (χ1) is 13.1. The van der Waals surface area contributed by atoms with Gasteiger partial charge in [-0.1, -0.05) is 56.3 Å². The van der Waals surface area contributed by atoms with Crippen LogP contribution in [0.25, 0.3) is 0 Å². The second-order valence-electron chi connectivity index (χ2n) is 10.5. The van der Waals surface area contributed by atoms with Crippen LogP contribution >= 0.6 is 0 Å². The van der Waals surface area contributed by atoms with E-state index in [2.05, 4.69) is 56.3 Å². The summed E-state index contributed by atoms with van der Waals surface area (Å²) in [5, 5.41) is 0. The largest absolute Gasteiger partial charge is 0.373 e. The van der Waals surface area contributed by atoms with Gasteiger partial charge < -0.3 is 4.74 Å². The van der Waals surface area contributed by atoms with Gasteiger partial charge in [0.05, 0.1) is 12.7 Å². The minimum Gasteiger partial charge on any atom is -0.373 e. The molecule has 0 heterocycles. The van der Waals surface area contributed by atoms with E-state index in [1.165, 1.54) is 56.9 Å². The van der Waals surface area contributed by atoms with Gasteiger partial charge >= 0.3 is 0 Å². The summed E-state index contributed by atoms with van der Waals surface area (Å²) in [5.41, 5.74) is 2.30. The third-order valence-corrected chi connectivity index (χ3v) is 9.42. The number of fused-ring (bicyclic) bond motifs is 5. The Morgan fingerprint density at radius 3 is 2.56 bits per heavy atom. The van der Waals surface area contributed by atoms with Crippen molar-refractivity contribution < 1.29 is 4.74 Å². The van der Waals surface area contributed by atoms with E-state index in [-0.39, 0.29) is 0 Å². The molecule has 3 fully saturated rings. The molecule has 1 aromatic carbocycles. The van der Waals surface area contributed by atoms with Crippen molar-refractivity contribution in [3.8, 4) is 0 Å². The molecule has 4 aliphatic carbocycles. The number of ether oxygens (including phenoxy) is 1. The summed E-state index contributed by atoms with van der Waals surface area (Å²) < 4.78 is 6.56. The van der Waals surface area contributed by atoms with Gasteiger partial charge in [0.25, 0.3) is 0 Å². The second kappa shape index (κ2) is 6.76. The smallest absolute Gasteiger partial charge is 0.0720 e. The van der Waals surface area contributed by atoms with E-state index in [1.807, 2.05) is 0 Å². The minimum atomic E-state index is 0.406. The molecule has 0 aliphatic heterocycles. The average molecular weight is 365 g/mol. The van der Waals surface area contributed by atoms with Gasteiger partial charge in [-0.3, -0.25) is 0 Å². The number of hydrogen-bond donors (Lipinski definition) is 0. The van der Waals surface area contributed by atoms with Crippen molar-refractivity contribution in [2.45, 2.75) is 77.9 Å². The summed E-state index contributed by atoms with van der Waals surface area (Å²) in [7, 11) is 0. The molecule has 0 radical (unpaired) electrons. The summed E-state index contributed by atoms with van der Waals surface area (Å²) >= 11 is 0. The standard InChI is InChI=1S/C26H36O/c1-25-16-7-6-10-20(25)11-12-21-22-13-14-24(26(22,2)17-15-23(21)25)27-18-19-8-4-3-5-9-19/h3-9,20-24H,10-18H2,1-2H3/t20-,21-,22-,23+,24-,25-,26-/m0/s1. The fourth-order valence-electron chi connectivity index (χ4n) is 7.83. The molecule has 0 saturated heterocycles. The van der Waals surface area contributed by atoms with Gasteiger partial charge in [0, 0.05) is 0 Å². The predicted molar refractivity (Wildman–Crippen MR) is 111 cm³/mol. The Hall–Kier alpha value is -1.08. The molecule has 146 valence electrons. The first-order valence-electron chi connectivity index (χ1n) is 11.4. The summed E-state index contributed by atoms with van der Waals surface area (Å²) in [6, 6.07) is 10.7. The van der Waals surface area contributed by atoms with Crippen molar-refractivity contribution in [2.75, 3.05) is 0 Å². The van der Waals surface area contributed by atoms with Crippen LogP contribution in [0.4, 0.5) is 0 Å². The molecule has 1 aromatic rings.